The van der Waals surface area contributed by atoms with Crippen LogP contribution in [-0.4, -0.2) is 14.5 Å². The van der Waals surface area contributed by atoms with Crippen LogP contribution in [0.1, 0.15) is 16.8 Å². The Balaban J connectivity index is 2.23. The van der Waals surface area contributed by atoms with E-state index in [1.807, 2.05) is 24.6 Å². The summed E-state index contributed by atoms with van der Waals surface area (Å²) in [5.41, 5.74) is 3.60. The molecular weight excluding hydrogens is 244 g/mol. The molecule has 19 heavy (non-hydrogen) atoms. The maximum Gasteiger partial charge on any atom is 0.274 e. The van der Waals surface area contributed by atoms with Crippen molar-refractivity contribution in [3.63, 3.8) is 0 Å². The molecule has 0 saturated heterocycles. The summed E-state index contributed by atoms with van der Waals surface area (Å²) in [6, 6.07) is 3.41. The number of imidazole rings is 1. The van der Waals surface area contributed by atoms with E-state index in [1.165, 1.54) is 0 Å². The first-order chi connectivity index (χ1) is 8.99. The topological polar surface area (TPSA) is 73.0 Å². The predicted octanol–water partition coefficient (Wildman–Crippen LogP) is 2.56. The Labute approximate surface area is 111 Å². The molecular formula is C13H16N4O2. The van der Waals surface area contributed by atoms with Crippen molar-refractivity contribution in [2.75, 3.05) is 5.32 Å². The highest BCUT2D eigenvalue weighted by Crippen LogP contribution is 2.26. The molecule has 0 fully saturated rings. The lowest BCUT2D eigenvalue weighted by molar-refractivity contribution is -0.385. The molecule has 0 saturated carbocycles. The van der Waals surface area contributed by atoms with E-state index in [4.69, 9.17) is 0 Å². The van der Waals surface area contributed by atoms with Gasteiger partial charge in [-0.2, -0.15) is 0 Å². The van der Waals surface area contributed by atoms with Crippen LogP contribution in [-0.2, 0) is 13.6 Å². The van der Waals surface area contributed by atoms with E-state index in [1.54, 1.807) is 25.5 Å². The molecule has 0 amide bonds. The number of anilines is 1. The van der Waals surface area contributed by atoms with Crippen molar-refractivity contribution in [2.24, 2.45) is 7.05 Å². The number of hydrogen-bond acceptors (Lipinski definition) is 4. The van der Waals surface area contributed by atoms with Crippen molar-refractivity contribution >= 4 is 11.4 Å². The minimum absolute atomic E-state index is 0.137. The van der Waals surface area contributed by atoms with E-state index < -0.39 is 0 Å². The zero-order valence-electron chi connectivity index (χ0n) is 11.2. The maximum absolute atomic E-state index is 10.9. The van der Waals surface area contributed by atoms with Crippen molar-refractivity contribution in [2.45, 2.75) is 20.4 Å². The molecule has 0 unspecified atom stereocenters. The maximum atomic E-state index is 10.9. The number of benzene rings is 1. The van der Waals surface area contributed by atoms with Crippen LogP contribution in [0.5, 0.6) is 0 Å². The van der Waals surface area contributed by atoms with Gasteiger partial charge in [-0.15, -0.1) is 0 Å². The van der Waals surface area contributed by atoms with Gasteiger partial charge in [0.2, 0.25) is 0 Å². The first kappa shape index (κ1) is 13.1. The molecule has 0 aliphatic heterocycles. The highest BCUT2D eigenvalue weighted by molar-refractivity contribution is 5.60. The lowest BCUT2D eigenvalue weighted by Crippen LogP contribution is -2.06. The summed E-state index contributed by atoms with van der Waals surface area (Å²) in [6.07, 6.45) is 3.49. The molecule has 1 aromatic heterocycles. The first-order valence-corrected chi connectivity index (χ1v) is 5.93. The Morgan fingerprint density at radius 1 is 1.37 bits per heavy atom. The Bertz CT molecular complexity index is 619. The van der Waals surface area contributed by atoms with Crippen LogP contribution in [0.25, 0.3) is 0 Å². The standard InChI is InChI=1S/C13H16N4O2/c1-9-4-10(2)13(17(18)19)5-12(9)15-7-11-6-14-8-16(11)3/h4-6,8,15H,7H2,1-3H3. The lowest BCUT2D eigenvalue weighted by Gasteiger charge is -2.11. The second-order valence-corrected chi connectivity index (χ2v) is 4.56. The van der Waals surface area contributed by atoms with E-state index >= 15 is 0 Å². The van der Waals surface area contributed by atoms with Crippen molar-refractivity contribution in [3.05, 3.63) is 51.6 Å². The molecule has 1 N–H and O–H groups in total. The Morgan fingerprint density at radius 2 is 2.11 bits per heavy atom. The van der Waals surface area contributed by atoms with Gasteiger partial charge in [-0.3, -0.25) is 10.1 Å². The normalized spacial score (nSPS) is 10.5. The summed E-state index contributed by atoms with van der Waals surface area (Å²) >= 11 is 0. The third-order valence-electron chi connectivity index (χ3n) is 3.12. The predicted molar refractivity (Wildman–Crippen MR) is 73.1 cm³/mol. The van der Waals surface area contributed by atoms with Crippen molar-refractivity contribution in [1.29, 1.82) is 0 Å². The Kier molecular flexibility index (Phi) is 3.50. The van der Waals surface area contributed by atoms with Gasteiger partial charge in [0, 0.05) is 30.6 Å². The summed E-state index contributed by atoms with van der Waals surface area (Å²) in [4.78, 5) is 14.6. The van der Waals surface area contributed by atoms with Crippen LogP contribution in [0.15, 0.2) is 24.7 Å². The SMILES string of the molecule is Cc1cc(C)c([N+](=O)[O-])cc1NCc1cncn1C. The summed E-state index contributed by atoms with van der Waals surface area (Å²) in [5.74, 6) is 0. The average Bonchev–Trinajstić information content (AvgIpc) is 2.73. The van der Waals surface area contributed by atoms with Crippen LogP contribution in [0.4, 0.5) is 11.4 Å². The summed E-state index contributed by atoms with van der Waals surface area (Å²) < 4.78 is 1.91. The van der Waals surface area contributed by atoms with Crippen LogP contribution in [0.2, 0.25) is 0 Å². The zero-order valence-corrected chi connectivity index (χ0v) is 11.2. The fourth-order valence-corrected chi connectivity index (χ4v) is 1.97. The minimum Gasteiger partial charge on any atom is -0.379 e. The largest absolute Gasteiger partial charge is 0.379 e. The fourth-order valence-electron chi connectivity index (χ4n) is 1.97. The molecule has 1 heterocycles. The van der Waals surface area contributed by atoms with Crippen molar-refractivity contribution in [3.8, 4) is 0 Å². The number of nitro groups is 1. The highest BCUT2D eigenvalue weighted by atomic mass is 16.6. The number of nitrogens with one attached hydrogen (secondary N) is 1. The van der Waals surface area contributed by atoms with Gasteiger partial charge in [0.05, 0.1) is 23.5 Å². The molecule has 2 aromatic rings. The van der Waals surface area contributed by atoms with E-state index in [0.29, 0.717) is 12.1 Å². The van der Waals surface area contributed by atoms with Crippen LogP contribution < -0.4 is 5.32 Å². The van der Waals surface area contributed by atoms with Crippen molar-refractivity contribution in [1.82, 2.24) is 9.55 Å². The molecule has 1 aromatic carbocycles. The summed E-state index contributed by atoms with van der Waals surface area (Å²) in [6.45, 7) is 4.26. The van der Waals surface area contributed by atoms with Crippen LogP contribution >= 0.6 is 0 Å². The Hall–Kier alpha value is -2.37. The molecule has 0 bridgehead atoms. The van der Waals surface area contributed by atoms with E-state index in [9.17, 15) is 10.1 Å². The quantitative estimate of drug-likeness (QED) is 0.677. The molecule has 0 aliphatic rings. The molecule has 0 aliphatic carbocycles. The van der Waals surface area contributed by atoms with E-state index in [0.717, 1.165) is 16.9 Å². The third-order valence-corrected chi connectivity index (χ3v) is 3.12. The van der Waals surface area contributed by atoms with Gasteiger partial charge < -0.3 is 9.88 Å². The second-order valence-electron chi connectivity index (χ2n) is 4.56. The zero-order chi connectivity index (χ0) is 14.0. The number of aromatic nitrogens is 2. The average molecular weight is 260 g/mol. The molecule has 0 atom stereocenters. The van der Waals surface area contributed by atoms with Gasteiger partial charge in [0.15, 0.2) is 0 Å². The van der Waals surface area contributed by atoms with E-state index in [-0.39, 0.29) is 10.6 Å². The molecule has 6 heteroatoms. The lowest BCUT2D eigenvalue weighted by atomic mass is 10.1. The van der Waals surface area contributed by atoms with Crippen LogP contribution in [0, 0.1) is 24.0 Å². The van der Waals surface area contributed by atoms with Gasteiger partial charge >= 0.3 is 0 Å². The summed E-state index contributed by atoms with van der Waals surface area (Å²) in [7, 11) is 1.91. The van der Waals surface area contributed by atoms with Gasteiger partial charge in [-0.25, -0.2) is 4.98 Å². The minimum atomic E-state index is -0.357. The number of hydrogen-bond donors (Lipinski definition) is 1. The second kappa shape index (κ2) is 5.09. The van der Waals surface area contributed by atoms with Crippen LogP contribution in [0.3, 0.4) is 0 Å². The molecule has 100 valence electrons. The van der Waals surface area contributed by atoms with Gasteiger partial charge in [0.25, 0.3) is 5.69 Å². The first-order valence-electron chi connectivity index (χ1n) is 5.93. The Morgan fingerprint density at radius 3 is 2.68 bits per heavy atom. The van der Waals surface area contributed by atoms with Gasteiger partial charge in [-0.1, -0.05) is 0 Å². The van der Waals surface area contributed by atoms with Gasteiger partial charge in [-0.05, 0) is 25.5 Å². The highest BCUT2D eigenvalue weighted by Gasteiger charge is 2.13. The smallest absolute Gasteiger partial charge is 0.274 e. The number of rotatable bonds is 4. The monoisotopic (exact) mass is 260 g/mol. The van der Waals surface area contributed by atoms with Crippen molar-refractivity contribution < 1.29 is 4.92 Å². The van der Waals surface area contributed by atoms with E-state index in [2.05, 4.69) is 10.3 Å². The summed E-state index contributed by atoms with van der Waals surface area (Å²) in [5, 5.41) is 14.1. The number of nitrogens with zero attached hydrogens (tertiary/aromatic N) is 3. The fraction of sp³-hybridized carbons (Fsp3) is 0.308. The number of nitro benzene ring substituents is 1. The third kappa shape index (κ3) is 2.73. The molecule has 6 nitrogen and oxygen atoms in total. The number of aryl methyl sites for hydroxylation is 3. The molecule has 2 rings (SSSR count). The van der Waals surface area contributed by atoms with Gasteiger partial charge in [0.1, 0.15) is 0 Å². The molecule has 0 radical (unpaired) electrons. The molecule has 0 spiro atoms.